The summed E-state index contributed by atoms with van der Waals surface area (Å²) in [5, 5.41) is 16.9. The smallest absolute Gasteiger partial charge is 0.490 e. The maximum absolute atomic E-state index is 10.4. The Morgan fingerprint density at radius 3 is 1.21 bits per heavy atom. The van der Waals surface area contributed by atoms with Gasteiger partial charge in [0.05, 0.1) is 0 Å². The summed E-state index contributed by atoms with van der Waals surface area (Å²) in [7, 11) is 0. The molecule has 24 heavy (non-hydrogen) atoms. The Hall–Kier alpha value is -3.42. The molecule has 0 fully saturated rings. The highest BCUT2D eigenvalue weighted by molar-refractivity contribution is 5.61. The van der Waals surface area contributed by atoms with Crippen molar-refractivity contribution in [1.29, 1.82) is 0 Å². The Labute approximate surface area is 136 Å². The lowest BCUT2D eigenvalue weighted by Gasteiger charge is -2.09. The van der Waals surface area contributed by atoms with E-state index in [1.165, 1.54) is 24.3 Å². The third kappa shape index (κ3) is 5.76. The van der Waals surface area contributed by atoms with Crippen molar-refractivity contribution in [2.24, 2.45) is 0 Å². The second kappa shape index (κ2) is 8.28. The highest BCUT2D eigenvalue weighted by Crippen LogP contribution is 2.19. The number of benzene rings is 2. The number of carbonyl (C=O) groups is 2. The fourth-order valence-corrected chi connectivity index (χ4v) is 1.73. The Morgan fingerprint density at radius 2 is 0.917 bits per heavy atom. The minimum atomic E-state index is -1.38. The molecule has 8 nitrogen and oxygen atoms in total. The van der Waals surface area contributed by atoms with E-state index in [4.69, 9.17) is 19.7 Å². The van der Waals surface area contributed by atoms with Gasteiger partial charge >= 0.3 is 12.3 Å². The Kier molecular flexibility index (Phi) is 5.84. The van der Waals surface area contributed by atoms with Gasteiger partial charge in [-0.25, -0.2) is 9.59 Å². The quantitative estimate of drug-likeness (QED) is 0.451. The van der Waals surface area contributed by atoms with Gasteiger partial charge in [-0.15, -0.1) is 0 Å². The van der Waals surface area contributed by atoms with E-state index in [9.17, 15) is 9.59 Å². The van der Waals surface area contributed by atoms with Crippen LogP contribution in [0, 0.1) is 0 Å². The molecule has 0 aliphatic heterocycles. The predicted molar refractivity (Wildman–Crippen MR) is 81.2 cm³/mol. The van der Waals surface area contributed by atoms with Gasteiger partial charge < -0.3 is 29.2 Å². The second-order valence-electron chi connectivity index (χ2n) is 4.38. The van der Waals surface area contributed by atoms with Crippen molar-refractivity contribution in [2.45, 2.75) is 0 Å². The Balaban J connectivity index is 1.72. The third-order valence-corrected chi connectivity index (χ3v) is 2.68. The first-order chi connectivity index (χ1) is 11.5. The monoisotopic (exact) mass is 334 g/mol. The second-order valence-corrected chi connectivity index (χ2v) is 4.38. The predicted octanol–water partition coefficient (Wildman–Crippen LogP) is 3.26. The van der Waals surface area contributed by atoms with E-state index >= 15 is 0 Å². The van der Waals surface area contributed by atoms with E-state index in [0.717, 1.165) is 0 Å². The summed E-state index contributed by atoms with van der Waals surface area (Å²) in [6, 6.07) is 12.2. The fraction of sp³-hybridized carbons (Fsp3) is 0.125. The number of hydrogen-bond donors (Lipinski definition) is 2. The van der Waals surface area contributed by atoms with Gasteiger partial charge in [0.25, 0.3) is 0 Å². The van der Waals surface area contributed by atoms with Gasteiger partial charge in [-0.3, -0.25) is 0 Å². The van der Waals surface area contributed by atoms with Crippen molar-refractivity contribution in [2.75, 3.05) is 13.2 Å². The molecule has 2 aromatic carbocycles. The van der Waals surface area contributed by atoms with Gasteiger partial charge in [-0.1, -0.05) is 0 Å². The molecule has 0 aliphatic carbocycles. The van der Waals surface area contributed by atoms with E-state index in [0.29, 0.717) is 11.5 Å². The summed E-state index contributed by atoms with van der Waals surface area (Å²) in [6.45, 7) is 0.541. The first-order valence-corrected chi connectivity index (χ1v) is 6.80. The van der Waals surface area contributed by atoms with Crippen LogP contribution in [0.1, 0.15) is 0 Å². The SMILES string of the molecule is O=C(O)Oc1ccc(OCCOc2ccc(OC(=O)O)cc2)cc1. The van der Waals surface area contributed by atoms with Crippen molar-refractivity contribution < 1.29 is 38.7 Å². The van der Waals surface area contributed by atoms with Crippen LogP contribution < -0.4 is 18.9 Å². The molecular weight excluding hydrogens is 320 g/mol. The van der Waals surface area contributed by atoms with Gasteiger partial charge in [0, 0.05) is 0 Å². The number of hydrogen-bond acceptors (Lipinski definition) is 6. The first-order valence-electron chi connectivity index (χ1n) is 6.80. The van der Waals surface area contributed by atoms with Gasteiger partial charge in [0.15, 0.2) is 0 Å². The van der Waals surface area contributed by atoms with Crippen LogP contribution >= 0.6 is 0 Å². The summed E-state index contributed by atoms with van der Waals surface area (Å²) in [5.74, 6) is 1.49. The molecule has 126 valence electrons. The van der Waals surface area contributed by atoms with E-state index in [2.05, 4.69) is 9.47 Å². The van der Waals surface area contributed by atoms with Crippen LogP contribution in [0.4, 0.5) is 9.59 Å². The topological polar surface area (TPSA) is 112 Å². The molecule has 0 radical (unpaired) electrons. The molecule has 0 amide bonds. The maximum atomic E-state index is 10.4. The molecule has 0 saturated carbocycles. The van der Waals surface area contributed by atoms with E-state index in [1.54, 1.807) is 24.3 Å². The maximum Gasteiger partial charge on any atom is 0.511 e. The van der Waals surface area contributed by atoms with E-state index in [1.807, 2.05) is 0 Å². The lowest BCUT2D eigenvalue weighted by Crippen LogP contribution is -2.09. The summed E-state index contributed by atoms with van der Waals surface area (Å²) in [5.41, 5.74) is 0. The zero-order chi connectivity index (χ0) is 17.4. The van der Waals surface area contributed by atoms with Gasteiger partial charge in [-0.05, 0) is 48.5 Å². The largest absolute Gasteiger partial charge is 0.511 e. The van der Waals surface area contributed by atoms with Crippen LogP contribution in [0.3, 0.4) is 0 Å². The van der Waals surface area contributed by atoms with Crippen LogP contribution in [0.5, 0.6) is 23.0 Å². The molecule has 0 heterocycles. The average molecular weight is 334 g/mol. The molecule has 0 unspecified atom stereocenters. The summed E-state index contributed by atoms with van der Waals surface area (Å²) < 4.78 is 19.8. The first kappa shape index (κ1) is 16.9. The Morgan fingerprint density at radius 1 is 0.625 bits per heavy atom. The molecule has 2 N–H and O–H groups in total. The molecule has 0 aliphatic rings. The van der Waals surface area contributed by atoms with E-state index in [-0.39, 0.29) is 24.7 Å². The van der Waals surface area contributed by atoms with Crippen LogP contribution in [0.15, 0.2) is 48.5 Å². The van der Waals surface area contributed by atoms with Crippen molar-refractivity contribution in [1.82, 2.24) is 0 Å². The highest BCUT2D eigenvalue weighted by Gasteiger charge is 2.02. The van der Waals surface area contributed by atoms with Crippen molar-refractivity contribution in [3.05, 3.63) is 48.5 Å². The van der Waals surface area contributed by atoms with Crippen molar-refractivity contribution in [3.8, 4) is 23.0 Å². The Bertz CT molecular complexity index is 617. The van der Waals surface area contributed by atoms with Crippen LogP contribution in [0.2, 0.25) is 0 Å². The van der Waals surface area contributed by atoms with Crippen LogP contribution in [0.25, 0.3) is 0 Å². The molecule has 0 atom stereocenters. The zero-order valence-corrected chi connectivity index (χ0v) is 12.4. The minimum Gasteiger partial charge on any atom is -0.490 e. The third-order valence-electron chi connectivity index (χ3n) is 2.68. The molecule has 2 aromatic rings. The molecule has 0 saturated heterocycles. The van der Waals surface area contributed by atoms with E-state index < -0.39 is 12.3 Å². The molecule has 2 rings (SSSR count). The molecule has 0 bridgehead atoms. The van der Waals surface area contributed by atoms with Crippen LogP contribution in [-0.4, -0.2) is 35.7 Å². The normalized spacial score (nSPS) is 9.83. The molecule has 0 aromatic heterocycles. The van der Waals surface area contributed by atoms with Crippen molar-refractivity contribution >= 4 is 12.3 Å². The number of ether oxygens (including phenoxy) is 4. The molecule has 0 spiro atoms. The number of carboxylic acid groups (broad SMARTS) is 2. The van der Waals surface area contributed by atoms with Gasteiger partial charge in [-0.2, -0.15) is 0 Å². The highest BCUT2D eigenvalue weighted by atomic mass is 16.7. The summed E-state index contributed by atoms with van der Waals surface area (Å²) in [6.07, 6.45) is -2.76. The van der Waals surface area contributed by atoms with Gasteiger partial charge in [0.2, 0.25) is 0 Å². The van der Waals surface area contributed by atoms with Crippen LogP contribution in [-0.2, 0) is 0 Å². The summed E-state index contributed by atoms with van der Waals surface area (Å²) in [4.78, 5) is 20.7. The zero-order valence-electron chi connectivity index (χ0n) is 12.4. The minimum absolute atomic E-state index is 0.203. The average Bonchev–Trinajstić information content (AvgIpc) is 2.53. The van der Waals surface area contributed by atoms with Gasteiger partial charge in [0.1, 0.15) is 36.2 Å². The standard InChI is InChI=1S/C16H14O8/c17-15(18)23-13-5-1-11(2-6-13)21-9-10-22-12-3-7-14(8-4-12)24-16(19)20/h1-8H,9-10H2,(H,17,18)(H,19,20). The molecule has 8 heteroatoms. The lowest BCUT2D eigenvalue weighted by atomic mass is 10.3. The molecular formula is C16H14O8. The summed E-state index contributed by atoms with van der Waals surface area (Å²) >= 11 is 0. The fourth-order valence-electron chi connectivity index (χ4n) is 1.73. The van der Waals surface area contributed by atoms with Crippen molar-refractivity contribution in [3.63, 3.8) is 0 Å². The lowest BCUT2D eigenvalue weighted by molar-refractivity contribution is 0.143. The number of rotatable bonds is 7.